The van der Waals surface area contributed by atoms with Crippen molar-refractivity contribution in [3.05, 3.63) is 58.9 Å². The van der Waals surface area contributed by atoms with Gasteiger partial charge in [0.25, 0.3) is 5.91 Å². The van der Waals surface area contributed by atoms with Crippen molar-refractivity contribution in [3.63, 3.8) is 0 Å². The van der Waals surface area contributed by atoms with Crippen LogP contribution in [0.15, 0.2) is 47.4 Å². The highest BCUT2D eigenvalue weighted by atomic mass is 35.5. The fourth-order valence-electron chi connectivity index (χ4n) is 2.21. The van der Waals surface area contributed by atoms with Crippen LogP contribution in [0.2, 0.25) is 5.02 Å². The molecule has 2 aromatic rings. The largest absolute Gasteiger partial charge is 0.326 e. The second-order valence-electron chi connectivity index (χ2n) is 5.34. The van der Waals surface area contributed by atoms with E-state index in [0.29, 0.717) is 12.2 Å². The Kier molecular flexibility index (Phi) is 6.45. The molecule has 122 valence electrons. The van der Waals surface area contributed by atoms with Crippen LogP contribution in [-0.4, -0.2) is 25.8 Å². The van der Waals surface area contributed by atoms with Crippen LogP contribution in [0.25, 0.3) is 0 Å². The quantitative estimate of drug-likeness (QED) is 0.783. The van der Waals surface area contributed by atoms with Gasteiger partial charge in [0.1, 0.15) is 12.4 Å². The van der Waals surface area contributed by atoms with Crippen molar-refractivity contribution in [1.82, 2.24) is 0 Å². The van der Waals surface area contributed by atoms with Crippen LogP contribution in [-0.2, 0) is 11.3 Å². The number of anilines is 1. The van der Waals surface area contributed by atoms with Crippen molar-refractivity contribution < 1.29 is 14.1 Å². The molecule has 2 N–H and O–H groups in total. The summed E-state index contributed by atoms with van der Waals surface area (Å²) in [5.41, 5.74) is 1.68. The SMILES string of the molecule is CSc1ccc(C[NH+](C)CC(=O)Nc2ccc(F)c(Cl)c2)cc1. The van der Waals surface area contributed by atoms with Crippen LogP contribution >= 0.6 is 23.4 Å². The first-order valence-corrected chi connectivity index (χ1v) is 8.77. The van der Waals surface area contributed by atoms with Crippen molar-refractivity contribution in [1.29, 1.82) is 0 Å². The molecule has 0 bridgehead atoms. The molecule has 0 saturated heterocycles. The molecular formula is C17H19ClFN2OS+. The maximum absolute atomic E-state index is 13.1. The summed E-state index contributed by atoms with van der Waals surface area (Å²) in [6, 6.07) is 12.4. The molecule has 0 spiro atoms. The molecule has 0 aromatic heterocycles. The summed E-state index contributed by atoms with van der Waals surface area (Å²) in [6.07, 6.45) is 2.04. The van der Waals surface area contributed by atoms with Gasteiger partial charge in [-0.3, -0.25) is 4.79 Å². The number of benzene rings is 2. The first kappa shape index (κ1) is 17.8. The number of nitrogens with one attached hydrogen (secondary N) is 2. The lowest BCUT2D eigenvalue weighted by atomic mass is 10.2. The summed E-state index contributed by atoms with van der Waals surface area (Å²) in [5, 5.41) is 2.73. The number of hydrogen-bond donors (Lipinski definition) is 2. The molecule has 0 fully saturated rings. The standard InChI is InChI=1S/C17H18ClFN2OS/c1-21(10-12-3-6-14(23-2)7-4-12)11-17(22)20-13-5-8-16(19)15(18)9-13/h3-9H,10-11H2,1-2H3,(H,20,22)/p+1. The average Bonchev–Trinajstić information content (AvgIpc) is 2.51. The van der Waals surface area contributed by atoms with Crippen molar-refractivity contribution in [2.75, 3.05) is 25.2 Å². The normalized spacial score (nSPS) is 12.0. The number of quaternary nitrogens is 1. The van der Waals surface area contributed by atoms with Gasteiger partial charge in [-0.15, -0.1) is 11.8 Å². The first-order chi connectivity index (χ1) is 11.0. The monoisotopic (exact) mass is 353 g/mol. The third-order valence-corrected chi connectivity index (χ3v) is 4.36. The first-order valence-electron chi connectivity index (χ1n) is 7.17. The Morgan fingerprint density at radius 3 is 2.57 bits per heavy atom. The Morgan fingerprint density at radius 2 is 1.96 bits per heavy atom. The van der Waals surface area contributed by atoms with E-state index in [-0.39, 0.29) is 10.9 Å². The lowest BCUT2D eigenvalue weighted by molar-refractivity contribution is -0.885. The van der Waals surface area contributed by atoms with Crippen molar-refractivity contribution >= 4 is 35.0 Å². The van der Waals surface area contributed by atoms with Crippen molar-refractivity contribution in [2.24, 2.45) is 0 Å². The van der Waals surface area contributed by atoms with Crippen molar-refractivity contribution in [2.45, 2.75) is 11.4 Å². The minimum atomic E-state index is -0.499. The molecule has 1 amide bonds. The topological polar surface area (TPSA) is 33.5 Å². The highest BCUT2D eigenvalue weighted by Crippen LogP contribution is 2.19. The summed E-state index contributed by atoms with van der Waals surface area (Å²) in [5.74, 6) is -0.632. The van der Waals surface area contributed by atoms with E-state index >= 15 is 0 Å². The van der Waals surface area contributed by atoms with E-state index in [4.69, 9.17) is 11.6 Å². The lowest BCUT2D eigenvalue weighted by Crippen LogP contribution is -3.08. The molecule has 0 radical (unpaired) electrons. The van der Waals surface area contributed by atoms with E-state index in [0.717, 1.165) is 11.4 Å². The van der Waals surface area contributed by atoms with Gasteiger partial charge >= 0.3 is 0 Å². The Balaban J connectivity index is 1.87. The van der Waals surface area contributed by atoms with Crippen molar-refractivity contribution in [3.8, 4) is 0 Å². The minimum absolute atomic E-state index is 0.00242. The van der Waals surface area contributed by atoms with E-state index < -0.39 is 5.82 Å². The van der Waals surface area contributed by atoms with Gasteiger partial charge in [0.2, 0.25) is 0 Å². The Morgan fingerprint density at radius 1 is 1.26 bits per heavy atom. The molecule has 2 rings (SSSR count). The summed E-state index contributed by atoms with van der Waals surface area (Å²) in [4.78, 5) is 14.3. The van der Waals surface area contributed by atoms with Crippen LogP contribution < -0.4 is 10.2 Å². The molecule has 1 unspecified atom stereocenters. The molecule has 23 heavy (non-hydrogen) atoms. The molecule has 2 aromatic carbocycles. The van der Waals surface area contributed by atoms with Gasteiger partial charge in [-0.2, -0.15) is 0 Å². The van der Waals surface area contributed by atoms with Gasteiger partial charge in [-0.1, -0.05) is 23.7 Å². The number of carbonyl (C=O) groups is 1. The average molecular weight is 354 g/mol. The van der Waals surface area contributed by atoms with Gasteiger partial charge < -0.3 is 10.2 Å². The molecule has 0 aliphatic rings. The maximum atomic E-state index is 13.1. The van der Waals surface area contributed by atoms with E-state index in [9.17, 15) is 9.18 Å². The fourth-order valence-corrected chi connectivity index (χ4v) is 2.80. The zero-order chi connectivity index (χ0) is 16.8. The molecule has 3 nitrogen and oxygen atoms in total. The Labute approximate surface area is 144 Å². The van der Waals surface area contributed by atoms with Gasteiger partial charge in [0, 0.05) is 16.1 Å². The van der Waals surface area contributed by atoms with Crippen LogP contribution in [0.5, 0.6) is 0 Å². The maximum Gasteiger partial charge on any atom is 0.279 e. The number of likely N-dealkylation sites (N-methyl/N-ethyl adjacent to an activating group) is 1. The molecular weight excluding hydrogens is 335 g/mol. The van der Waals surface area contributed by atoms with Crippen LogP contribution in [0.3, 0.4) is 0 Å². The zero-order valence-corrected chi connectivity index (χ0v) is 14.6. The third kappa shape index (κ3) is 5.53. The van der Waals surface area contributed by atoms with E-state index in [1.54, 1.807) is 11.8 Å². The molecule has 6 heteroatoms. The highest BCUT2D eigenvalue weighted by Gasteiger charge is 2.11. The molecule has 0 heterocycles. The molecule has 0 aliphatic heterocycles. The second-order valence-corrected chi connectivity index (χ2v) is 6.62. The lowest BCUT2D eigenvalue weighted by Gasteiger charge is -2.14. The predicted molar refractivity (Wildman–Crippen MR) is 93.7 cm³/mol. The van der Waals surface area contributed by atoms with E-state index in [1.807, 2.05) is 13.3 Å². The Bertz CT molecular complexity index is 679. The van der Waals surface area contributed by atoms with Gasteiger partial charge in [-0.05, 0) is 36.6 Å². The Hall–Kier alpha value is -1.56. The summed E-state index contributed by atoms with van der Waals surface area (Å²) in [6.45, 7) is 1.07. The zero-order valence-electron chi connectivity index (χ0n) is 13.0. The predicted octanol–water partition coefficient (Wildman–Crippen LogP) is 2.85. The van der Waals surface area contributed by atoms with Crippen LogP contribution in [0, 0.1) is 5.82 Å². The third-order valence-electron chi connectivity index (χ3n) is 3.33. The summed E-state index contributed by atoms with van der Waals surface area (Å²) >= 11 is 7.40. The van der Waals surface area contributed by atoms with Crippen LogP contribution in [0.4, 0.5) is 10.1 Å². The van der Waals surface area contributed by atoms with E-state index in [2.05, 4.69) is 29.6 Å². The number of hydrogen-bond acceptors (Lipinski definition) is 2. The number of carbonyl (C=O) groups excluding carboxylic acids is 1. The molecule has 1 atom stereocenters. The number of thioether (sulfide) groups is 1. The highest BCUT2D eigenvalue weighted by molar-refractivity contribution is 7.98. The minimum Gasteiger partial charge on any atom is -0.326 e. The number of amides is 1. The van der Waals surface area contributed by atoms with Gasteiger partial charge in [0.15, 0.2) is 6.54 Å². The van der Waals surface area contributed by atoms with Gasteiger partial charge in [0.05, 0.1) is 12.1 Å². The number of halogens is 2. The fraction of sp³-hybridized carbons (Fsp3) is 0.235. The summed E-state index contributed by atoms with van der Waals surface area (Å²) < 4.78 is 13.1. The molecule has 0 aliphatic carbocycles. The summed E-state index contributed by atoms with van der Waals surface area (Å²) in [7, 11) is 1.96. The smallest absolute Gasteiger partial charge is 0.279 e. The number of rotatable bonds is 6. The van der Waals surface area contributed by atoms with Gasteiger partial charge in [-0.25, -0.2) is 4.39 Å². The second kappa shape index (κ2) is 8.34. The molecule has 0 saturated carbocycles. The van der Waals surface area contributed by atoms with Crippen LogP contribution in [0.1, 0.15) is 5.56 Å². The van der Waals surface area contributed by atoms with E-state index in [1.165, 1.54) is 28.7 Å².